The Hall–Kier alpha value is -1.39. The average molecular weight is 278 g/mol. The topological polar surface area (TPSA) is 55.6 Å². The molecule has 0 bridgehead atoms. The number of ether oxygens (including phenoxy) is 1. The van der Waals surface area contributed by atoms with E-state index in [9.17, 15) is 4.79 Å². The van der Waals surface area contributed by atoms with Gasteiger partial charge in [0.25, 0.3) is 0 Å². The Labute approximate surface area is 121 Å². The number of nitrogens with two attached hydrogens (primary N) is 1. The number of hydrogen-bond donors (Lipinski definition) is 1. The van der Waals surface area contributed by atoms with Crippen molar-refractivity contribution in [1.29, 1.82) is 0 Å². The zero-order valence-electron chi connectivity index (χ0n) is 12.9. The number of hydrogen-bond acceptors (Lipinski definition) is 4. The Bertz CT molecular complexity index is 420. The van der Waals surface area contributed by atoms with Gasteiger partial charge in [0.15, 0.2) is 5.54 Å². The highest BCUT2D eigenvalue weighted by atomic mass is 16.5. The number of nitrogens with zero attached hydrogens (tertiary/aromatic N) is 1. The van der Waals surface area contributed by atoms with Gasteiger partial charge in [-0.15, -0.1) is 0 Å². The van der Waals surface area contributed by atoms with Crippen LogP contribution < -0.4 is 5.73 Å². The summed E-state index contributed by atoms with van der Waals surface area (Å²) < 4.78 is 4.94. The molecule has 0 fully saturated rings. The van der Waals surface area contributed by atoms with Crippen molar-refractivity contribution < 1.29 is 9.53 Å². The Morgan fingerprint density at radius 3 is 2.40 bits per heavy atom. The van der Waals surface area contributed by atoms with Gasteiger partial charge in [0.05, 0.1) is 7.11 Å². The summed E-state index contributed by atoms with van der Waals surface area (Å²) in [6.07, 6.45) is 1.02. The van der Waals surface area contributed by atoms with Crippen molar-refractivity contribution in [2.75, 3.05) is 20.2 Å². The largest absolute Gasteiger partial charge is 0.467 e. The van der Waals surface area contributed by atoms with Crippen molar-refractivity contribution >= 4 is 5.97 Å². The molecule has 0 aromatic heterocycles. The van der Waals surface area contributed by atoms with E-state index < -0.39 is 11.5 Å². The molecule has 0 amide bonds. The van der Waals surface area contributed by atoms with E-state index in [1.165, 1.54) is 7.11 Å². The Morgan fingerprint density at radius 2 is 1.95 bits per heavy atom. The molecule has 0 radical (unpaired) electrons. The molecular formula is C16H26N2O2. The summed E-state index contributed by atoms with van der Waals surface area (Å²) in [5.74, 6) is -0.398. The first-order valence-corrected chi connectivity index (χ1v) is 7.12. The van der Waals surface area contributed by atoms with Gasteiger partial charge in [-0.2, -0.15) is 0 Å². The number of methoxy groups -OCH3 is 1. The number of carbonyl (C=O) groups is 1. The van der Waals surface area contributed by atoms with Crippen LogP contribution in [0.4, 0.5) is 0 Å². The highest BCUT2D eigenvalue weighted by molar-refractivity contribution is 5.82. The lowest BCUT2D eigenvalue weighted by Gasteiger charge is -2.35. The van der Waals surface area contributed by atoms with Crippen LogP contribution >= 0.6 is 0 Å². The molecule has 0 spiro atoms. The molecule has 4 nitrogen and oxygen atoms in total. The summed E-state index contributed by atoms with van der Waals surface area (Å²) in [5.41, 5.74) is 6.08. The van der Waals surface area contributed by atoms with Crippen molar-refractivity contribution in [2.45, 2.75) is 38.8 Å². The minimum atomic E-state index is -1.13. The lowest BCUT2D eigenvalue weighted by molar-refractivity contribution is -0.148. The van der Waals surface area contributed by atoms with E-state index in [0.29, 0.717) is 12.6 Å². The van der Waals surface area contributed by atoms with E-state index in [0.717, 1.165) is 18.5 Å². The molecule has 0 saturated heterocycles. The minimum Gasteiger partial charge on any atom is -0.467 e. The van der Waals surface area contributed by atoms with Crippen LogP contribution in [0.25, 0.3) is 0 Å². The second-order valence-corrected chi connectivity index (χ2v) is 5.39. The predicted molar refractivity (Wildman–Crippen MR) is 81.3 cm³/mol. The third kappa shape index (κ3) is 3.81. The van der Waals surface area contributed by atoms with Crippen LogP contribution in [-0.2, 0) is 15.1 Å². The molecule has 0 aliphatic rings. The van der Waals surface area contributed by atoms with E-state index in [1.54, 1.807) is 0 Å². The van der Waals surface area contributed by atoms with Gasteiger partial charge in [-0.25, -0.2) is 4.79 Å². The first kappa shape index (κ1) is 16.7. The standard InChI is InChI=1S/C16H26N2O2/c1-5-11-18(13(2)3)12-16(17,15(19)20-4)14-9-7-6-8-10-14/h6-10,13H,5,11-12,17H2,1-4H3. The van der Waals surface area contributed by atoms with Gasteiger partial charge in [0, 0.05) is 12.6 Å². The molecule has 0 heterocycles. The van der Waals surface area contributed by atoms with E-state index in [4.69, 9.17) is 10.5 Å². The quantitative estimate of drug-likeness (QED) is 0.776. The van der Waals surface area contributed by atoms with Crippen molar-refractivity contribution in [2.24, 2.45) is 5.73 Å². The van der Waals surface area contributed by atoms with Gasteiger partial charge in [-0.1, -0.05) is 37.3 Å². The smallest absolute Gasteiger partial charge is 0.331 e. The zero-order chi connectivity index (χ0) is 15.2. The fourth-order valence-corrected chi connectivity index (χ4v) is 2.32. The van der Waals surface area contributed by atoms with Crippen LogP contribution in [0.15, 0.2) is 30.3 Å². The van der Waals surface area contributed by atoms with Gasteiger partial charge >= 0.3 is 5.97 Å². The molecule has 0 aliphatic carbocycles. The predicted octanol–water partition coefficient (Wildman–Crippen LogP) is 2.13. The molecule has 1 aromatic carbocycles. The lowest BCUT2D eigenvalue weighted by Crippen LogP contribution is -2.55. The van der Waals surface area contributed by atoms with Gasteiger partial charge in [-0.05, 0) is 32.4 Å². The number of benzene rings is 1. The number of carbonyl (C=O) groups excluding carboxylic acids is 1. The molecular weight excluding hydrogens is 252 g/mol. The van der Waals surface area contributed by atoms with Crippen LogP contribution in [-0.4, -0.2) is 37.1 Å². The molecule has 20 heavy (non-hydrogen) atoms. The normalized spacial score (nSPS) is 14.3. The van der Waals surface area contributed by atoms with Crippen molar-refractivity contribution in [3.63, 3.8) is 0 Å². The molecule has 2 N–H and O–H groups in total. The summed E-state index contributed by atoms with van der Waals surface area (Å²) in [5, 5.41) is 0. The molecule has 4 heteroatoms. The van der Waals surface area contributed by atoms with Crippen molar-refractivity contribution in [3.8, 4) is 0 Å². The first-order valence-electron chi connectivity index (χ1n) is 7.12. The fraction of sp³-hybridized carbons (Fsp3) is 0.562. The second kappa shape index (κ2) is 7.41. The van der Waals surface area contributed by atoms with Gasteiger partial charge in [-0.3, -0.25) is 4.90 Å². The van der Waals surface area contributed by atoms with Gasteiger partial charge < -0.3 is 10.5 Å². The Morgan fingerprint density at radius 1 is 1.35 bits per heavy atom. The molecule has 0 saturated carbocycles. The van der Waals surface area contributed by atoms with Gasteiger partial charge in [0.1, 0.15) is 0 Å². The van der Waals surface area contributed by atoms with Crippen molar-refractivity contribution in [1.82, 2.24) is 4.90 Å². The molecule has 1 unspecified atom stereocenters. The summed E-state index contributed by atoms with van der Waals surface area (Å²) in [7, 11) is 1.38. The SMILES string of the molecule is CCCN(CC(N)(C(=O)OC)c1ccccc1)C(C)C. The van der Waals surface area contributed by atoms with Crippen LogP contribution in [0.5, 0.6) is 0 Å². The Balaban J connectivity index is 3.09. The Kier molecular flexibility index (Phi) is 6.17. The second-order valence-electron chi connectivity index (χ2n) is 5.39. The maximum atomic E-state index is 12.2. The van der Waals surface area contributed by atoms with Crippen LogP contribution in [0.2, 0.25) is 0 Å². The summed E-state index contributed by atoms with van der Waals surface area (Å²) >= 11 is 0. The maximum absolute atomic E-state index is 12.2. The zero-order valence-corrected chi connectivity index (χ0v) is 12.9. The number of rotatable bonds is 7. The molecule has 1 atom stereocenters. The van der Waals surface area contributed by atoms with Crippen LogP contribution in [0.1, 0.15) is 32.8 Å². The van der Waals surface area contributed by atoms with E-state index in [1.807, 2.05) is 30.3 Å². The summed E-state index contributed by atoms with van der Waals surface area (Å²) in [6, 6.07) is 9.76. The monoisotopic (exact) mass is 278 g/mol. The van der Waals surface area contributed by atoms with E-state index in [2.05, 4.69) is 25.7 Å². The molecule has 112 valence electrons. The first-order chi connectivity index (χ1) is 9.45. The van der Waals surface area contributed by atoms with Crippen LogP contribution in [0.3, 0.4) is 0 Å². The summed E-state index contributed by atoms with van der Waals surface area (Å²) in [4.78, 5) is 14.4. The summed E-state index contributed by atoms with van der Waals surface area (Å²) in [6.45, 7) is 7.70. The lowest BCUT2D eigenvalue weighted by atomic mass is 9.90. The van der Waals surface area contributed by atoms with Crippen molar-refractivity contribution in [3.05, 3.63) is 35.9 Å². The number of esters is 1. The van der Waals surface area contributed by atoms with E-state index in [-0.39, 0.29) is 0 Å². The third-order valence-corrected chi connectivity index (χ3v) is 3.53. The highest BCUT2D eigenvalue weighted by Gasteiger charge is 2.39. The maximum Gasteiger partial charge on any atom is 0.331 e. The van der Waals surface area contributed by atoms with Crippen LogP contribution in [0, 0.1) is 0 Å². The third-order valence-electron chi connectivity index (χ3n) is 3.53. The highest BCUT2D eigenvalue weighted by Crippen LogP contribution is 2.22. The molecule has 0 aliphatic heterocycles. The molecule has 1 aromatic rings. The fourth-order valence-electron chi connectivity index (χ4n) is 2.32. The minimum absolute atomic E-state index is 0.325. The molecule has 1 rings (SSSR count). The van der Waals surface area contributed by atoms with Gasteiger partial charge in [0.2, 0.25) is 0 Å². The average Bonchev–Trinajstić information content (AvgIpc) is 2.46. The van der Waals surface area contributed by atoms with E-state index >= 15 is 0 Å².